The Hall–Kier alpha value is -0.260. The molecule has 0 N–H and O–H groups in total. The highest BCUT2D eigenvalue weighted by Crippen LogP contribution is 2.30. The SMILES string of the molecule is CCc1c(CC)[c+]1CC.[O-][Cl+3]([O-])([O-])[O-]. The maximum atomic E-state index is 8.49. The van der Waals surface area contributed by atoms with Crippen LogP contribution in [0.15, 0.2) is 0 Å². The standard InChI is InChI=1S/C9H15.ClHO4/c1-4-7-8(5-2)9(7)6-3;2-1(3,4)5/h4-6H2,1-3H3;(H,2,3,4,5)/q+1;/p-1. The molecule has 0 amide bonds. The van der Waals surface area contributed by atoms with E-state index in [0.29, 0.717) is 0 Å². The Morgan fingerprint density at radius 1 is 0.929 bits per heavy atom. The normalized spacial score (nSPS) is 11.4. The van der Waals surface area contributed by atoms with Crippen LogP contribution in [0.3, 0.4) is 0 Å². The number of halogens is 1. The summed E-state index contributed by atoms with van der Waals surface area (Å²) in [6, 6.07) is 0. The summed E-state index contributed by atoms with van der Waals surface area (Å²) in [5, 5.41) is 0. The van der Waals surface area contributed by atoms with Crippen LogP contribution in [0.4, 0.5) is 0 Å². The molecule has 0 aromatic heterocycles. The van der Waals surface area contributed by atoms with E-state index in [-0.39, 0.29) is 0 Å². The van der Waals surface area contributed by atoms with Crippen LogP contribution in [0.25, 0.3) is 0 Å². The van der Waals surface area contributed by atoms with E-state index in [9.17, 15) is 0 Å². The van der Waals surface area contributed by atoms with Gasteiger partial charge in [0.25, 0.3) is 0 Å². The lowest BCUT2D eigenvalue weighted by atomic mass is 10.3. The Morgan fingerprint density at radius 2 is 1.21 bits per heavy atom. The molecule has 0 radical (unpaired) electrons. The highest BCUT2D eigenvalue weighted by Gasteiger charge is 2.34. The van der Waals surface area contributed by atoms with E-state index < -0.39 is 10.2 Å². The third kappa shape index (κ3) is 5.47. The van der Waals surface area contributed by atoms with Gasteiger partial charge in [-0.05, 0) is 20.8 Å². The van der Waals surface area contributed by atoms with Gasteiger partial charge in [-0.15, -0.1) is 10.2 Å². The molecule has 4 nitrogen and oxygen atoms in total. The Labute approximate surface area is 86.2 Å². The molecule has 0 atom stereocenters. The molecule has 0 heterocycles. The minimum atomic E-state index is -4.94. The molecule has 1 rings (SSSR count). The second-order valence-corrected chi connectivity index (χ2v) is 3.63. The van der Waals surface area contributed by atoms with Gasteiger partial charge in [-0.25, -0.2) is 18.6 Å². The molecule has 0 aliphatic heterocycles. The van der Waals surface area contributed by atoms with Crippen LogP contribution >= 0.6 is 0 Å². The van der Waals surface area contributed by atoms with Crippen LogP contribution in [0.5, 0.6) is 0 Å². The van der Waals surface area contributed by atoms with Crippen molar-refractivity contribution in [1.29, 1.82) is 0 Å². The summed E-state index contributed by atoms with van der Waals surface area (Å²) in [6.45, 7) is 6.73. The third-order valence-electron chi connectivity index (χ3n) is 2.09. The van der Waals surface area contributed by atoms with Gasteiger partial charge in [0, 0.05) is 19.3 Å². The van der Waals surface area contributed by atoms with Crippen molar-refractivity contribution in [2.24, 2.45) is 0 Å². The number of hydrogen-bond donors (Lipinski definition) is 0. The Morgan fingerprint density at radius 3 is 1.29 bits per heavy atom. The fourth-order valence-corrected chi connectivity index (χ4v) is 1.60. The molecule has 0 bridgehead atoms. The van der Waals surface area contributed by atoms with Gasteiger partial charge in [-0.1, -0.05) is 0 Å². The highest BCUT2D eigenvalue weighted by molar-refractivity contribution is 5.52. The monoisotopic (exact) mass is 222 g/mol. The molecule has 14 heavy (non-hydrogen) atoms. The molecular weight excluding hydrogens is 208 g/mol. The fourth-order valence-electron chi connectivity index (χ4n) is 1.60. The van der Waals surface area contributed by atoms with E-state index in [1.165, 1.54) is 19.3 Å². The first kappa shape index (κ1) is 13.7. The lowest BCUT2D eigenvalue weighted by Gasteiger charge is -2.17. The minimum absolute atomic E-state index is 1.26. The predicted octanol–water partition coefficient (Wildman–Crippen LogP) is -2.23. The van der Waals surface area contributed by atoms with Gasteiger partial charge >= 0.3 is 0 Å². The van der Waals surface area contributed by atoms with Crippen molar-refractivity contribution in [2.75, 3.05) is 0 Å². The van der Waals surface area contributed by atoms with E-state index >= 15 is 0 Å². The first-order valence-corrected chi connectivity index (χ1v) is 5.78. The van der Waals surface area contributed by atoms with Gasteiger partial charge in [0.2, 0.25) is 0 Å². The van der Waals surface area contributed by atoms with Crippen molar-refractivity contribution < 1.29 is 28.9 Å². The van der Waals surface area contributed by atoms with Crippen LogP contribution in [0.2, 0.25) is 0 Å². The van der Waals surface area contributed by atoms with E-state index in [2.05, 4.69) is 20.8 Å². The van der Waals surface area contributed by atoms with Crippen molar-refractivity contribution in [3.8, 4) is 0 Å². The van der Waals surface area contributed by atoms with Gasteiger partial charge in [0.1, 0.15) is 0 Å². The zero-order chi connectivity index (χ0) is 11.4. The van der Waals surface area contributed by atoms with Crippen LogP contribution in [0.1, 0.15) is 37.5 Å². The van der Waals surface area contributed by atoms with E-state index in [4.69, 9.17) is 18.6 Å². The second-order valence-electron chi connectivity index (χ2n) is 2.87. The zero-order valence-electron chi connectivity index (χ0n) is 8.63. The van der Waals surface area contributed by atoms with E-state index in [1.807, 2.05) is 0 Å². The van der Waals surface area contributed by atoms with Crippen molar-refractivity contribution in [2.45, 2.75) is 40.0 Å². The van der Waals surface area contributed by atoms with Crippen LogP contribution < -0.4 is 18.6 Å². The van der Waals surface area contributed by atoms with Gasteiger partial charge in [-0.3, -0.25) is 0 Å². The van der Waals surface area contributed by atoms with Crippen molar-refractivity contribution in [3.05, 3.63) is 16.7 Å². The second kappa shape index (κ2) is 5.58. The lowest BCUT2D eigenvalue weighted by Crippen LogP contribution is -2.68. The molecule has 0 fully saturated rings. The topological polar surface area (TPSA) is 92.2 Å². The van der Waals surface area contributed by atoms with Gasteiger partial charge in [0.05, 0.1) is 0 Å². The fraction of sp³-hybridized carbons (Fsp3) is 0.667. The van der Waals surface area contributed by atoms with E-state index in [1.54, 1.807) is 16.7 Å². The largest absolute Gasteiger partial charge is 0.222 e. The summed E-state index contributed by atoms with van der Waals surface area (Å²) in [5.74, 6) is 0. The van der Waals surface area contributed by atoms with Crippen molar-refractivity contribution >= 4 is 0 Å². The average Bonchev–Trinajstić information content (AvgIpc) is 2.73. The average molecular weight is 223 g/mol. The summed E-state index contributed by atoms with van der Waals surface area (Å²) in [6.07, 6.45) is 3.77. The summed E-state index contributed by atoms with van der Waals surface area (Å²) in [7, 11) is -4.94. The molecule has 0 saturated heterocycles. The molecular formula is C9H15ClO4. The maximum absolute atomic E-state index is 8.49. The smallest absolute Gasteiger partial charge is 0.167 e. The first-order valence-electron chi connectivity index (χ1n) is 4.55. The van der Waals surface area contributed by atoms with Crippen molar-refractivity contribution in [3.63, 3.8) is 0 Å². The summed E-state index contributed by atoms with van der Waals surface area (Å²) >= 11 is 0. The molecule has 0 aliphatic carbocycles. The quantitative estimate of drug-likeness (QED) is 0.542. The molecule has 0 saturated carbocycles. The van der Waals surface area contributed by atoms with E-state index in [0.717, 1.165) is 0 Å². The van der Waals surface area contributed by atoms with Crippen LogP contribution in [0, 0.1) is 10.2 Å². The summed E-state index contributed by atoms with van der Waals surface area (Å²) < 4.78 is 34.0. The van der Waals surface area contributed by atoms with Crippen LogP contribution in [-0.4, -0.2) is 0 Å². The molecule has 1 aromatic rings. The predicted molar refractivity (Wildman–Crippen MR) is 41.4 cm³/mol. The Balaban J connectivity index is 0.000000292. The summed E-state index contributed by atoms with van der Waals surface area (Å²) in [5.41, 5.74) is 5.00. The Kier molecular flexibility index (Phi) is 5.48. The zero-order valence-corrected chi connectivity index (χ0v) is 9.39. The minimum Gasteiger partial charge on any atom is -0.222 e. The molecule has 1 aromatic carbocycles. The van der Waals surface area contributed by atoms with Gasteiger partial charge in [0.15, 0.2) is 16.7 Å². The molecule has 0 unspecified atom stereocenters. The number of rotatable bonds is 3. The molecule has 0 spiro atoms. The maximum Gasteiger partial charge on any atom is 0.167 e. The molecule has 5 heteroatoms. The van der Waals surface area contributed by atoms with Gasteiger partial charge in [-0.2, -0.15) is 0 Å². The third-order valence-corrected chi connectivity index (χ3v) is 2.09. The first-order chi connectivity index (χ1) is 6.35. The molecule has 0 aliphatic rings. The highest BCUT2D eigenvalue weighted by atomic mass is 35.7. The number of hydrogen-bond acceptors (Lipinski definition) is 4. The Bertz CT molecular complexity index is 192. The van der Waals surface area contributed by atoms with Crippen molar-refractivity contribution in [1.82, 2.24) is 0 Å². The molecule has 82 valence electrons. The van der Waals surface area contributed by atoms with Gasteiger partial charge < -0.3 is 0 Å². The summed E-state index contributed by atoms with van der Waals surface area (Å²) in [4.78, 5) is 0. The lowest BCUT2D eigenvalue weighted by molar-refractivity contribution is -2.00. The van der Waals surface area contributed by atoms with Crippen LogP contribution in [-0.2, 0) is 19.3 Å².